The first-order chi connectivity index (χ1) is 18.5. The monoisotopic (exact) mass is 514 g/mol. The summed E-state index contributed by atoms with van der Waals surface area (Å²) in [5.41, 5.74) is 4.46. The van der Waals surface area contributed by atoms with Crippen LogP contribution in [0.4, 0.5) is 0 Å². The van der Waals surface area contributed by atoms with Gasteiger partial charge < -0.3 is 28.8 Å². The van der Waals surface area contributed by atoms with Gasteiger partial charge in [0.25, 0.3) is 0 Å². The molecule has 0 amide bonds. The standard InChI is InChI=1S/C32H34O6/c1-34-26-7-5-6-22(18-26)8-10-24-13-16-29(36-3)31(20-24)38-32-21-25(14-17-30(32)37-4)11-9-23-12-15-28(35-2)27(33)19-23/h5-7,12-21,33H,8-11H2,1-4H3. The molecule has 0 heterocycles. The number of benzene rings is 4. The second kappa shape index (κ2) is 12.8. The number of aromatic hydroxyl groups is 1. The lowest BCUT2D eigenvalue weighted by atomic mass is 10.0. The molecule has 4 rings (SSSR count). The van der Waals surface area contributed by atoms with Crippen LogP contribution in [-0.2, 0) is 25.7 Å². The summed E-state index contributed by atoms with van der Waals surface area (Å²) in [6, 6.07) is 25.5. The van der Waals surface area contributed by atoms with Crippen molar-refractivity contribution in [3.05, 3.63) is 101 Å². The molecule has 38 heavy (non-hydrogen) atoms. The second-order valence-electron chi connectivity index (χ2n) is 8.93. The highest BCUT2D eigenvalue weighted by atomic mass is 16.5. The lowest BCUT2D eigenvalue weighted by molar-refractivity contribution is 0.356. The first-order valence-electron chi connectivity index (χ1n) is 12.5. The first-order valence-corrected chi connectivity index (χ1v) is 12.5. The molecule has 198 valence electrons. The van der Waals surface area contributed by atoms with Gasteiger partial charge in [-0.2, -0.15) is 0 Å². The summed E-state index contributed by atoms with van der Waals surface area (Å²) in [7, 11) is 6.48. The summed E-state index contributed by atoms with van der Waals surface area (Å²) < 4.78 is 28.0. The van der Waals surface area contributed by atoms with Crippen LogP contribution in [0.15, 0.2) is 78.9 Å². The topological polar surface area (TPSA) is 66.4 Å². The molecule has 4 aromatic carbocycles. The molecule has 0 spiro atoms. The van der Waals surface area contributed by atoms with Crippen molar-refractivity contribution in [1.82, 2.24) is 0 Å². The quantitative estimate of drug-likeness (QED) is 0.225. The maximum Gasteiger partial charge on any atom is 0.169 e. The molecule has 0 unspecified atom stereocenters. The van der Waals surface area contributed by atoms with Crippen LogP contribution in [0.5, 0.6) is 40.2 Å². The molecule has 0 atom stereocenters. The maximum atomic E-state index is 10.1. The van der Waals surface area contributed by atoms with Gasteiger partial charge in [-0.15, -0.1) is 0 Å². The fourth-order valence-corrected chi connectivity index (χ4v) is 4.33. The maximum absolute atomic E-state index is 10.1. The Labute approximate surface area is 224 Å². The molecular weight excluding hydrogens is 480 g/mol. The summed E-state index contributed by atoms with van der Waals surface area (Å²) in [6.45, 7) is 0. The predicted molar refractivity (Wildman–Crippen MR) is 149 cm³/mol. The molecule has 0 saturated heterocycles. The number of phenolic OH excluding ortho intramolecular Hbond substituents is 1. The minimum absolute atomic E-state index is 0.141. The summed E-state index contributed by atoms with van der Waals surface area (Å²) in [5.74, 6) is 4.00. The van der Waals surface area contributed by atoms with Crippen molar-refractivity contribution in [3.8, 4) is 40.2 Å². The Bertz CT molecular complexity index is 1360. The van der Waals surface area contributed by atoms with E-state index < -0.39 is 0 Å². The molecule has 0 aromatic heterocycles. The van der Waals surface area contributed by atoms with Gasteiger partial charge in [-0.3, -0.25) is 0 Å². The number of ether oxygens (including phenoxy) is 5. The van der Waals surface area contributed by atoms with Gasteiger partial charge in [0.05, 0.1) is 28.4 Å². The molecule has 0 aliphatic rings. The van der Waals surface area contributed by atoms with E-state index in [9.17, 15) is 5.11 Å². The zero-order valence-electron chi connectivity index (χ0n) is 22.3. The highest BCUT2D eigenvalue weighted by Crippen LogP contribution is 2.38. The van der Waals surface area contributed by atoms with Gasteiger partial charge in [0, 0.05) is 0 Å². The summed E-state index contributed by atoms with van der Waals surface area (Å²) in [5, 5.41) is 10.1. The molecule has 0 aliphatic carbocycles. The van der Waals surface area contributed by atoms with E-state index in [0.29, 0.717) is 28.7 Å². The molecule has 1 N–H and O–H groups in total. The van der Waals surface area contributed by atoms with E-state index in [2.05, 4.69) is 18.2 Å². The van der Waals surface area contributed by atoms with E-state index in [-0.39, 0.29) is 5.75 Å². The smallest absolute Gasteiger partial charge is 0.169 e. The lowest BCUT2D eigenvalue weighted by Gasteiger charge is -2.15. The number of methoxy groups -OCH3 is 4. The molecule has 0 bridgehead atoms. The van der Waals surface area contributed by atoms with Crippen LogP contribution in [0.2, 0.25) is 0 Å². The molecule has 4 aromatic rings. The normalized spacial score (nSPS) is 10.6. The van der Waals surface area contributed by atoms with Gasteiger partial charge in [-0.1, -0.05) is 30.3 Å². The van der Waals surface area contributed by atoms with Crippen LogP contribution in [0.3, 0.4) is 0 Å². The van der Waals surface area contributed by atoms with Gasteiger partial charge in [-0.05, 0) is 96.5 Å². The number of rotatable bonds is 12. The molecular formula is C32H34O6. The van der Waals surface area contributed by atoms with E-state index in [1.807, 2.05) is 48.5 Å². The Kier molecular flexibility index (Phi) is 8.98. The fourth-order valence-electron chi connectivity index (χ4n) is 4.33. The second-order valence-corrected chi connectivity index (χ2v) is 8.93. The molecule has 6 heteroatoms. The third kappa shape index (κ3) is 6.71. The van der Waals surface area contributed by atoms with Crippen LogP contribution in [0.1, 0.15) is 22.3 Å². The Balaban J connectivity index is 1.50. The van der Waals surface area contributed by atoms with Gasteiger partial charge in [0.2, 0.25) is 0 Å². The Morgan fingerprint density at radius 3 is 1.42 bits per heavy atom. The lowest BCUT2D eigenvalue weighted by Crippen LogP contribution is -1.98. The van der Waals surface area contributed by atoms with Crippen LogP contribution in [-0.4, -0.2) is 33.5 Å². The number of aryl methyl sites for hydroxylation is 4. The minimum Gasteiger partial charge on any atom is -0.504 e. The van der Waals surface area contributed by atoms with Crippen molar-refractivity contribution in [2.45, 2.75) is 25.7 Å². The summed E-state index contributed by atoms with van der Waals surface area (Å²) in [4.78, 5) is 0. The van der Waals surface area contributed by atoms with Crippen molar-refractivity contribution in [2.24, 2.45) is 0 Å². The van der Waals surface area contributed by atoms with Crippen LogP contribution in [0, 0.1) is 0 Å². The van der Waals surface area contributed by atoms with Crippen LogP contribution < -0.4 is 23.7 Å². The van der Waals surface area contributed by atoms with E-state index in [1.54, 1.807) is 40.6 Å². The third-order valence-corrected chi connectivity index (χ3v) is 6.46. The number of hydrogen-bond donors (Lipinski definition) is 1. The van der Waals surface area contributed by atoms with Crippen molar-refractivity contribution < 1.29 is 28.8 Å². The average Bonchev–Trinajstić information content (AvgIpc) is 2.95. The fraction of sp³-hybridized carbons (Fsp3) is 0.250. The Morgan fingerprint density at radius 2 is 0.947 bits per heavy atom. The van der Waals surface area contributed by atoms with Gasteiger partial charge in [0.1, 0.15) is 5.75 Å². The van der Waals surface area contributed by atoms with E-state index >= 15 is 0 Å². The first kappa shape index (κ1) is 26.7. The largest absolute Gasteiger partial charge is 0.504 e. The molecule has 0 fully saturated rings. The Morgan fingerprint density at radius 1 is 0.474 bits per heavy atom. The SMILES string of the molecule is COc1cccc(CCc2ccc(OC)c(Oc3cc(CCc4ccc(OC)c(O)c4)ccc3OC)c2)c1. The molecule has 0 aliphatic heterocycles. The molecule has 6 nitrogen and oxygen atoms in total. The van der Waals surface area contributed by atoms with Gasteiger partial charge >= 0.3 is 0 Å². The van der Waals surface area contributed by atoms with Crippen molar-refractivity contribution in [3.63, 3.8) is 0 Å². The van der Waals surface area contributed by atoms with Crippen LogP contribution in [0.25, 0.3) is 0 Å². The highest BCUT2D eigenvalue weighted by molar-refractivity contribution is 5.50. The third-order valence-electron chi connectivity index (χ3n) is 6.46. The predicted octanol–water partition coefficient (Wildman–Crippen LogP) is 6.79. The molecule has 0 saturated carbocycles. The van der Waals surface area contributed by atoms with Crippen molar-refractivity contribution in [2.75, 3.05) is 28.4 Å². The van der Waals surface area contributed by atoms with Gasteiger partial charge in [0.15, 0.2) is 34.5 Å². The number of phenols is 1. The van der Waals surface area contributed by atoms with Crippen LogP contribution >= 0.6 is 0 Å². The van der Waals surface area contributed by atoms with Gasteiger partial charge in [-0.25, -0.2) is 0 Å². The summed E-state index contributed by atoms with van der Waals surface area (Å²) >= 11 is 0. The van der Waals surface area contributed by atoms with E-state index in [0.717, 1.165) is 48.1 Å². The van der Waals surface area contributed by atoms with E-state index in [1.165, 1.54) is 5.56 Å². The Hall–Kier alpha value is -4.32. The van der Waals surface area contributed by atoms with E-state index in [4.69, 9.17) is 23.7 Å². The zero-order valence-corrected chi connectivity index (χ0v) is 22.3. The number of hydrogen-bond acceptors (Lipinski definition) is 6. The molecule has 0 radical (unpaired) electrons. The zero-order chi connectivity index (χ0) is 26.9. The summed E-state index contributed by atoms with van der Waals surface area (Å²) in [6.07, 6.45) is 3.25. The van der Waals surface area contributed by atoms with Crippen molar-refractivity contribution in [1.29, 1.82) is 0 Å². The minimum atomic E-state index is 0.141. The highest BCUT2D eigenvalue weighted by Gasteiger charge is 2.13. The average molecular weight is 515 g/mol. The van der Waals surface area contributed by atoms with Crippen molar-refractivity contribution >= 4 is 0 Å².